The molecule has 0 atom stereocenters. The molecule has 0 unspecified atom stereocenters. The minimum Gasteiger partial charge on any atom is -0.489 e. The van der Waals surface area contributed by atoms with Crippen molar-refractivity contribution in [3.8, 4) is 5.75 Å². The van der Waals surface area contributed by atoms with Crippen LogP contribution in [0.2, 0.25) is 0 Å². The van der Waals surface area contributed by atoms with Crippen LogP contribution in [0.4, 0.5) is 17.2 Å². The van der Waals surface area contributed by atoms with Crippen molar-refractivity contribution in [1.82, 2.24) is 15.0 Å². The van der Waals surface area contributed by atoms with Crippen molar-refractivity contribution in [3.05, 3.63) is 35.8 Å². The van der Waals surface area contributed by atoms with Gasteiger partial charge in [0.25, 0.3) is 0 Å². The highest BCUT2D eigenvalue weighted by Crippen LogP contribution is 2.34. The monoisotopic (exact) mass is 368 g/mol. The van der Waals surface area contributed by atoms with Crippen LogP contribution >= 0.6 is 0 Å². The summed E-state index contributed by atoms with van der Waals surface area (Å²) in [5, 5.41) is 20.7. The van der Waals surface area contributed by atoms with Gasteiger partial charge in [-0.15, -0.1) is 0 Å². The zero-order valence-electron chi connectivity index (χ0n) is 15.4. The van der Waals surface area contributed by atoms with Crippen LogP contribution in [0.1, 0.15) is 31.5 Å². The van der Waals surface area contributed by atoms with E-state index in [0.29, 0.717) is 34.9 Å². The van der Waals surface area contributed by atoms with Gasteiger partial charge >= 0.3 is 0 Å². The molecule has 0 radical (unpaired) electrons. The first-order valence-electron chi connectivity index (χ1n) is 8.83. The van der Waals surface area contributed by atoms with Crippen molar-refractivity contribution < 1.29 is 9.84 Å². The summed E-state index contributed by atoms with van der Waals surface area (Å²) in [4.78, 5) is 11.9. The van der Waals surface area contributed by atoms with Crippen LogP contribution in [-0.4, -0.2) is 39.0 Å². The summed E-state index contributed by atoms with van der Waals surface area (Å²) >= 11 is 0. The third-order valence-corrected chi connectivity index (χ3v) is 4.04. The van der Waals surface area contributed by atoms with Crippen molar-refractivity contribution in [1.29, 1.82) is 5.41 Å². The second-order valence-corrected chi connectivity index (χ2v) is 6.52. The number of aliphatic hydroxyl groups is 1. The molecule has 3 aromatic rings. The van der Waals surface area contributed by atoms with E-state index < -0.39 is 0 Å². The van der Waals surface area contributed by atoms with E-state index >= 15 is 0 Å². The first-order chi connectivity index (χ1) is 13.0. The number of aryl methyl sites for hydroxylation is 1. The van der Waals surface area contributed by atoms with E-state index in [4.69, 9.17) is 21.0 Å². The predicted molar refractivity (Wildman–Crippen MR) is 107 cm³/mol. The molecule has 0 amide bonds. The number of nitrogens with zero attached hydrogens (tertiary/aromatic N) is 2. The lowest BCUT2D eigenvalue weighted by atomic mass is 10.1. The minimum atomic E-state index is -0.0291. The maximum Gasteiger partial charge on any atom is 0.145 e. The number of aromatic amines is 1. The number of benzene rings is 1. The van der Waals surface area contributed by atoms with Gasteiger partial charge in [0.2, 0.25) is 0 Å². The summed E-state index contributed by atoms with van der Waals surface area (Å²) in [7, 11) is 0. The van der Waals surface area contributed by atoms with Gasteiger partial charge in [-0.2, -0.15) is 0 Å². The lowest BCUT2D eigenvalue weighted by molar-refractivity contribution is 0.244. The van der Waals surface area contributed by atoms with Gasteiger partial charge in [0.1, 0.15) is 23.5 Å². The molecule has 0 fully saturated rings. The third kappa shape index (κ3) is 4.17. The molecule has 0 aliphatic rings. The smallest absolute Gasteiger partial charge is 0.145 e. The quantitative estimate of drug-likeness (QED) is 0.307. The van der Waals surface area contributed by atoms with Gasteiger partial charge in [-0.1, -0.05) is 0 Å². The van der Waals surface area contributed by atoms with Gasteiger partial charge in [-0.25, -0.2) is 9.97 Å². The van der Waals surface area contributed by atoms with Crippen LogP contribution in [-0.2, 0) is 6.42 Å². The molecule has 3 rings (SSSR count). The zero-order valence-corrected chi connectivity index (χ0v) is 15.4. The second kappa shape index (κ2) is 8.05. The number of anilines is 3. The Balaban J connectivity index is 2.01. The fourth-order valence-electron chi connectivity index (χ4n) is 2.81. The first-order valence-corrected chi connectivity index (χ1v) is 8.83. The molecule has 8 heteroatoms. The Hall–Kier alpha value is -3.13. The summed E-state index contributed by atoms with van der Waals surface area (Å²) in [5.41, 5.74) is 9.45. The molecular weight excluding hydrogens is 344 g/mol. The van der Waals surface area contributed by atoms with E-state index in [1.807, 2.05) is 19.9 Å². The summed E-state index contributed by atoms with van der Waals surface area (Å²) in [6.45, 7) is 4.01. The van der Waals surface area contributed by atoms with Gasteiger partial charge in [-0.3, -0.25) is 0 Å². The molecule has 2 heterocycles. The summed E-state index contributed by atoms with van der Waals surface area (Å²) in [5.74, 6) is 1.22. The molecule has 2 aromatic heterocycles. The first kappa shape index (κ1) is 18.7. The van der Waals surface area contributed by atoms with Crippen LogP contribution in [0.5, 0.6) is 5.75 Å². The molecule has 6 N–H and O–H groups in total. The molecule has 0 spiro atoms. The van der Waals surface area contributed by atoms with Crippen molar-refractivity contribution in [2.24, 2.45) is 0 Å². The standard InChI is InChI=1S/C19H24N6O2/c1-11(2)27-17-8-15(21)12(9-20)6-16(17)25-19-14-7-13(4-3-5-26)24-18(14)22-10-23-19/h6-11,20,26H,3-5,21H2,1-2H3,(H2,22,23,24,25). The van der Waals surface area contributed by atoms with Crippen LogP contribution < -0.4 is 15.8 Å². The van der Waals surface area contributed by atoms with E-state index in [2.05, 4.69) is 20.3 Å². The second-order valence-electron chi connectivity index (χ2n) is 6.52. The molecule has 0 bridgehead atoms. The minimum absolute atomic E-state index is 0.0291. The number of nitrogens with two attached hydrogens (primary N) is 1. The van der Waals surface area contributed by atoms with Gasteiger partial charge in [-0.05, 0) is 38.8 Å². The molecule has 0 aliphatic heterocycles. The number of ether oxygens (including phenoxy) is 1. The lowest BCUT2D eigenvalue weighted by Crippen LogP contribution is -2.09. The fraction of sp³-hybridized carbons (Fsp3) is 0.316. The third-order valence-electron chi connectivity index (χ3n) is 4.04. The largest absolute Gasteiger partial charge is 0.489 e. The Morgan fingerprint density at radius 3 is 2.85 bits per heavy atom. The van der Waals surface area contributed by atoms with E-state index in [9.17, 15) is 0 Å². The maximum absolute atomic E-state index is 9.03. The molecule has 1 aromatic carbocycles. The molecule has 27 heavy (non-hydrogen) atoms. The summed E-state index contributed by atoms with van der Waals surface area (Å²) < 4.78 is 5.87. The predicted octanol–water partition coefficient (Wildman–Crippen LogP) is 2.99. The highest BCUT2D eigenvalue weighted by atomic mass is 16.5. The Morgan fingerprint density at radius 1 is 1.33 bits per heavy atom. The topological polar surface area (TPSA) is 133 Å². The number of nitrogens with one attached hydrogen (secondary N) is 3. The number of H-pyrrole nitrogens is 1. The Kier molecular flexibility index (Phi) is 5.56. The van der Waals surface area contributed by atoms with Crippen LogP contribution in [0.15, 0.2) is 24.5 Å². The number of rotatable bonds is 8. The average Bonchev–Trinajstić information content (AvgIpc) is 3.05. The van der Waals surface area contributed by atoms with E-state index in [1.54, 1.807) is 12.1 Å². The zero-order chi connectivity index (χ0) is 19.4. The number of hydrogen-bond donors (Lipinski definition) is 5. The van der Waals surface area contributed by atoms with E-state index in [1.165, 1.54) is 12.5 Å². The molecular formula is C19H24N6O2. The Labute approximate surface area is 157 Å². The van der Waals surface area contributed by atoms with Gasteiger partial charge < -0.3 is 31.3 Å². The number of hydrogen-bond acceptors (Lipinski definition) is 7. The SMILES string of the molecule is CC(C)Oc1cc(N)c(C=N)cc1Nc1ncnc2[nH]c(CCCO)cc12. The summed E-state index contributed by atoms with van der Waals surface area (Å²) in [6.07, 6.45) is 4.07. The lowest BCUT2D eigenvalue weighted by Gasteiger charge is -2.17. The normalized spacial score (nSPS) is 11.1. The van der Waals surface area contributed by atoms with E-state index in [-0.39, 0.29) is 12.7 Å². The Bertz CT molecular complexity index is 951. The van der Waals surface area contributed by atoms with E-state index in [0.717, 1.165) is 23.1 Å². The van der Waals surface area contributed by atoms with Gasteiger partial charge in [0.05, 0.1) is 17.2 Å². The van der Waals surface area contributed by atoms with Crippen LogP contribution in [0.3, 0.4) is 0 Å². The molecule has 0 aliphatic carbocycles. The molecule has 8 nitrogen and oxygen atoms in total. The average molecular weight is 368 g/mol. The van der Waals surface area contributed by atoms with Crippen molar-refractivity contribution in [2.45, 2.75) is 32.8 Å². The maximum atomic E-state index is 9.03. The number of fused-ring (bicyclic) bond motifs is 1. The number of nitrogen functional groups attached to an aromatic ring is 1. The number of aliphatic hydroxyl groups excluding tert-OH is 1. The van der Waals surface area contributed by atoms with Crippen molar-refractivity contribution in [3.63, 3.8) is 0 Å². The van der Waals surface area contributed by atoms with Crippen LogP contribution in [0.25, 0.3) is 11.0 Å². The highest BCUT2D eigenvalue weighted by Gasteiger charge is 2.14. The molecule has 0 saturated heterocycles. The molecule has 0 saturated carbocycles. The van der Waals surface area contributed by atoms with Gasteiger partial charge in [0, 0.05) is 35.8 Å². The highest BCUT2D eigenvalue weighted by molar-refractivity contribution is 5.93. The van der Waals surface area contributed by atoms with Crippen molar-refractivity contribution >= 4 is 34.4 Å². The van der Waals surface area contributed by atoms with Crippen LogP contribution in [0, 0.1) is 5.41 Å². The summed E-state index contributed by atoms with van der Waals surface area (Å²) in [6, 6.07) is 5.46. The fourth-order valence-corrected chi connectivity index (χ4v) is 2.81. The van der Waals surface area contributed by atoms with Gasteiger partial charge in [0.15, 0.2) is 0 Å². The van der Waals surface area contributed by atoms with Crippen molar-refractivity contribution in [2.75, 3.05) is 17.7 Å². The Morgan fingerprint density at radius 2 is 2.15 bits per heavy atom. The molecule has 142 valence electrons. The number of aromatic nitrogens is 3.